The Morgan fingerprint density at radius 2 is 1.81 bits per heavy atom. The lowest BCUT2D eigenvalue weighted by Crippen LogP contribution is -1.89. The summed E-state index contributed by atoms with van der Waals surface area (Å²) in [7, 11) is -4.67. The molecule has 0 unspecified atom stereocenters. The molecule has 0 saturated carbocycles. The van der Waals surface area contributed by atoms with E-state index in [2.05, 4.69) is 21.0 Å². The van der Waals surface area contributed by atoms with Gasteiger partial charge < -0.3 is 5.21 Å². The first-order valence-electron chi connectivity index (χ1n) is 3.53. The zero-order chi connectivity index (χ0) is 12.6. The molecule has 11 heteroatoms. The first kappa shape index (κ1) is 14.3. The van der Waals surface area contributed by atoms with E-state index in [0.717, 1.165) is 0 Å². The minimum atomic E-state index is -4.67. The van der Waals surface area contributed by atoms with Crippen molar-refractivity contribution in [2.75, 3.05) is 0 Å². The Balaban J connectivity index is 0.000000280. The number of hydrogen-bond donors (Lipinski definition) is 4. The fraction of sp³-hybridized carbons (Fsp3) is 0. The van der Waals surface area contributed by atoms with Crippen LogP contribution in [0.15, 0.2) is 24.8 Å². The number of nitrogens with two attached hydrogens (primary N) is 1. The standard InChI is InChI=1S/C5H4N4.H3NO.H2O4S/c1-2-6-5-7-4-8-9(5)3-1;1-2;1-5(2,3)4/h1-4H;2H,1H2;(H2,1,2,3,4). The molecular weight excluding hydrogens is 242 g/mol. The molecule has 0 aliphatic heterocycles. The zero-order valence-electron chi connectivity index (χ0n) is 7.74. The smallest absolute Gasteiger partial charge is 0.320 e. The molecule has 0 saturated heterocycles. The van der Waals surface area contributed by atoms with Gasteiger partial charge in [0.1, 0.15) is 6.33 Å². The Morgan fingerprint density at radius 3 is 2.31 bits per heavy atom. The van der Waals surface area contributed by atoms with Gasteiger partial charge in [0, 0.05) is 12.4 Å². The van der Waals surface area contributed by atoms with Gasteiger partial charge in [-0.05, 0) is 6.07 Å². The summed E-state index contributed by atoms with van der Waals surface area (Å²) in [6.07, 6.45) is 4.96. The maximum Gasteiger partial charge on any atom is 0.394 e. The van der Waals surface area contributed by atoms with E-state index in [1.807, 2.05) is 6.07 Å². The molecule has 0 bridgehead atoms. The van der Waals surface area contributed by atoms with Gasteiger partial charge in [-0.3, -0.25) is 9.11 Å². The monoisotopic (exact) mass is 251 g/mol. The van der Waals surface area contributed by atoms with Crippen LogP contribution in [0, 0.1) is 0 Å². The molecule has 2 rings (SSSR count). The van der Waals surface area contributed by atoms with Crippen LogP contribution < -0.4 is 5.90 Å². The Kier molecular flexibility index (Phi) is 6.06. The number of hydrogen-bond acceptors (Lipinski definition) is 7. The van der Waals surface area contributed by atoms with Crippen LogP contribution in [0.1, 0.15) is 0 Å². The average molecular weight is 251 g/mol. The molecule has 0 spiro atoms. The van der Waals surface area contributed by atoms with Gasteiger partial charge in [-0.25, -0.2) is 15.4 Å². The van der Waals surface area contributed by atoms with Crippen molar-refractivity contribution in [3.63, 3.8) is 0 Å². The fourth-order valence-corrected chi connectivity index (χ4v) is 0.671. The largest absolute Gasteiger partial charge is 0.394 e. The highest BCUT2D eigenvalue weighted by molar-refractivity contribution is 7.79. The summed E-state index contributed by atoms with van der Waals surface area (Å²) in [4.78, 5) is 7.79. The molecule has 0 amide bonds. The van der Waals surface area contributed by atoms with Crippen molar-refractivity contribution in [2.24, 2.45) is 5.90 Å². The molecule has 0 aliphatic rings. The van der Waals surface area contributed by atoms with Gasteiger partial charge in [0.15, 0.2) is 0 Å². The number of rotatable bonds is 0. The van der Waals surface area contributed by atoms with Gasteiger partial charge in [0.05, 0.1) is 0 Å². The number of fused-ring (bicyclic) bond motifs is 1. The van der Waals surface area contributed by atoms with Gasteiger partial charge in [0.25, 0.3) is 5.78 Å². The van der Waals surface area contributed by atoms with Crippen LogP contribution in [0.25, 0.3) is 5.78 Å². The summed E-state index contributed by atoms with van der Waals surface area (Å²) >= 11 is 0. The molecule has 2 aromatic heterocycles. The third-order valence-corrected chi connectivity index (χ3v) is 1.06. The first-order chi connectivity index (χ1) is 7.47. The maximum absolute atomic E-state index is 8.74. The summed E-state index contributed by atoms with van der Waals surface area (Å²) < 4.78 is 33.2. The second kappa shape index (κ2) is 6.76. The van der Waals surface area contributed by atoms with Gasteiger partial charge in [-0.2, -0.15) is 18.5 Å². The van der Waals surface area contributed by atoms with Crippen molar-refractivity contribution >= 4 is 16.2 Å². The molecule has 10 nitrogen and oxygen atoms in total. The van der Waals surface area contributed by atoms with Crippen molar-refractivity contribution in [3.8, 4) is 0 Å². The highest BCUT2D eigenvalue weighted by Crippen LogP contribution is 1.87. The zero-order valence-corrected chi connectivity index (χ0v) is 8.56. The van der Waals surface area contributed by atoms with Crippen molar-refractivity contribution in [1.82, 2.24) is 19.6 Å². The Labute approximate surface area is 89.9 Å². The summed E-state index contributed by atoms with van der Waals surface area (Å²) in [5.41, 5.74) is 0. The highest BCUT2D eigenvalue weighted by Gasteiger charge is 1.88. The van der Waals surface area contributed by atoms with E-state index in [1.54, 1.807) is 16.9 Å². The van der Waals surface area contributed by atoms with E-state index in [1.165, 1.54) is 6.33 Å². The Bertz CT molecular complexity index is 472. The molecule has 2 heterocycles. The quantitative estimate of drug-likeness (QED) is 0.332. The minimum absolute atomic E-state index is 0.637. The average Bonchev–Trinajstić information content (AvgIpc) is 2.66. The molecule has 0 aromatic carbocycles. The van der Waals surface area contributed by atoms with Crippen LogP contribution in [-0.2, 0) is 10.4 Å². The summed E-state index contributed by atoms with van der Waals surface area (Å²) in [5, 5.41) is 10.4. The highest BCUT2D eigenvalue weighted by atomic mass is 32.3. The molecule has 0 aliphatic carbocycles. The third-order valence-electron chi connectivity index (χ3n) is 1.06. The molecule has 5 N–H and O–H groups in total. The summed E-state index contributed by atoms with van der Waals surface area (Å²) in [6, 6.07) is 1.81. The van der Waals surface area contributed by atoms with Crippen molar-refractivity contribution in [2.45, 2.75) is 0 Å². The third kappa shape index (κ3) is 6.74. The van der Waals surface area contributed by atoms with Crippen LogP contribution in [0.3, 0.4) is 0 Å². The van der Waals surface area contributed by atoms with E-state index in [9.17, 15) is 0 Å². The fourth-order valence-electron chi connectivity index (χ4n) is 0.671. The van der Waals surface area contributed by atoms with Crippen LogP contribution in [0.4, 0.5) is 0 Å². The topological polar surface area (TPSA) is 164 Å². The summed E-state index contributed by atoms with van der Waals surface area (Å²) in [5.74, 6) is 4.14. The van der Waals surface area contributed by atoms with Crippen LogP contribution in [-0.4, -0.2) is 42.3 Å². The lowest BCUT2D eigenvalue weighted by Gasteiger charge is -1.83. The molecule has 0 radical (unpaired) electrons. The molecule has 2 aromatic rings. The van der Waals surface area contributed by atoms with Gasteiger partial charge in [-0.15, -0.1) is 0 Å². The lowest BCUT2D eigenvalue weighted by molar-refractivity contribution is 0.311. The van der Waals surface area contributed by atoms with E-state index < -0.39 is 10.4 Å². The van der Waals surface area contributed by atoms with Crippen molar-refractivity contribution < 1.29 is 22.7 Å². The van der Waals surface area contributed by atoms with Crippen LogP contribution in [0.2, 0.25) is 0 Å². The number of aromatic nitrogens is 4. The SMILES string of the molecule is NO.O=S(=O)(O)O.c1cnc2ncnn2c1. The molecule has 16 heavy (non-hydrogen) atoms. The molecule has 0 fully saturated rings. The Morgan fingerprint density at radius 1 is 1.25 bits per heavy atom. The number of nitrogens with zero attached hydrogens (tertiary/aromatic N) is 4. The van der Waals surface area contributed by atoms with E-state index in [4.69, 9.17) is 22.7 Å². The van der Waals surface area contributed by atoms with Gasteiger partial charge in [-0.1, -0.05) is 0 Å². The molecule has 90 valence electrons. The first-order valence-corrected chi connectivity index (χ1v) is 4.92. The minimum Gasteiger partial charge on any atom is -0.320 e. The van der Waals surface area contributed by atoms with E-state index in [-0.39, 0.29) is 0 Å². The van der Waals surface area contributed by atoms with E-state index >= 15 is 0 Å². The second-order valence-electron chi connectivity index (χ2n) is 2.07. The maximum atomic E-state index is 8.74. The van der Waals surface area contributed by atoms with Crippen LogP contribution in [0.5, 0.6) is 0 Å². The second-order valence-corrected chi connectivity index (χ2v) is 2.97. The van der Waals surface area contributed by atoms with Crippen LogP contribution >= 0.6 is 0 Å². The molecular formula is C5H9N5O5S. The normalized spacial score (nSPS) is 9.75. The van der Waals surface area contributed by atoms with Crippen molar-refractivity contribution in [3.05, 3.63) is 24.8 Å². The van der Waals surface area contributed by atoms with Crippen molar-refractivity contribution in [1.29, 1.82) is 0 Å². The predicted octanol–water partition coefficient (Wildman–Crippen LogP) is -1.19. The lowest BCUT2D eigenvalue weighted by atomic mass is 10.7. The van der Waals surface area contributed by atoms with E-state index in [0.29, 0.717) is 5.78 Å². The Hall–Kier alpha value is -1.66. The van der Waals surface area contributed by atoms with Gasteiger partial charge >= 0.3 is 10.4 Å². The predicted molar refractivity (Wildman–Crippen MR) is 50.9 cm³/mol. The summed E-state index contributed by atoms with van der Waals surface area (Å²) in [6.45, 7) is 0. The molecule has 0 atom stereocenters. The van der Waals surface area contributed by atoms with Gasteiger partial charge in [0.2, 0.25) is 0 Å².